The van der Waals surface area contributed by atoms with Gasteiger partial charge in [-0.15, -0.1) is 12.4 Å². The van der Waals surface area contributed by atoms with E-state index in [0.717, 1.165) is 19.0 Å². The van der Waals surface area contributed by atoms with Gasteiger partial charge in [-0.25, -0.2) is 0 Å². The molecule has 2 heterocycles. The molecule has 0 aliphatic carbocycles. The Morgan fingerprint density at radius 1 is 1.39 bits per heavy atom. The first kappa shape index (κ1) is 13.7. The second kappa shape index (κ2) is 5.94. The van der Waals surface area contributed by atoms with Crippen molar-refractivity contribution < 1.29 is 0 Å². The van der Waals surface area contributed by atoms with Crippen molar-refractivity contribution in [1.82, 2.24) is 4.90 Å². The average Bonchev–Trinajstić information content (AvgIpc) is 2.78. The Kier molecular flexibility index (Phi) is 4.52. The minimum atomic E-state index is 0. The number of anilines is 1. The van der Waals surface area contributed by atoms with Crippen molar-refractivity contribution in [3.05, 3.63) is 29.3 Å². The van der Waals surface area contributed by atoms with Crippen LogP contribution in [-0.2, 0) is 13.0 Å². The zero-order valence-electron chi connectivity index (χ0n) is 11.1. The largest absolute Gasteiger partial charge is 0.384 e. The number of nitrogens with one attached hydrogen (secondary N) is 1. The van der Waals surface area contributed by atoms with Gasteiger partial charge >= 0.3 is 0 Å². The van der Waals surface area contributed by atoms with Gasteiger partial charge in [0.2, 0.25) is 0 Å². The summed E-state index contributed by atoms with van der Waals surface area (Å²) in [6.45, 7) is 7.15. The molecule has 0 amide bonds. The lowest BCUT2D eigenvalue weighted by Crippen LogP contribution is -2.33. The minimum Gasteiger partial charge on any atom is -0.384 e. The highest BCUT2D eigenvalue weighted by Crippen LogP contribution is 2.28. The monoisotopic (exact) mass is 266 g/mol. The second-order valence-corrected chi connectivity index (χ2v) is 5.61. The first-order valence-electron chi connectivity index (χ1n) is 6.90. The Bertz CT molecular complexity index is 405. The summed E-state index contributed by atoms with van der Waals surface area (Å²) in [5, 5.41) is 3.54. The van der Waals surface area contributed by atoms with Gasteiger partial charge in [0.25, 0.3) is 0 Å². The van der Waals surface area contributed by atoms with E-state index in [1.165, 1.54) is 49.2 Å². The molecule has 3 rings (SSSR count). The normalized spacial score (nSPS) is 23.1. The van der Waals surface area contributed by atoms with Crippen molar-refractivity contribution in [2.75, 3.05) is 25.0 Å². The van der Waals surface area contributed by atoms with Crippen LogP contribution in [-0.4, -0.2) is 24.5 Å². The molecule has 3 heteroatoms. The maximum absolute atomic E-state index is 3.54. The first-order chi connectivity index (χ1) is 8.33. The highest BCUT2D eigenvalue weighted by atomic mass is 35.5. The van der Waals surface area contributed by atoms with Gasteiger partial charge in [-0.3, -0.25) is 4.90 Å². The van der Waals surface area contributed by atoms with Gasteiger partial charge in [0.1, 0.15) is 0 Å². The Labute approximate surface area is 116 Å². The van der Waals surface area contributed by atoms with E-state index in [1.54, 1.807) is 0 Å². The standard InChI is InChI=1S/C15H22N2.ClH/c1-12-4-3-9-17(10-12)11-14-6-2-5-13-7-8-16-15(13)14;/h2,5-6,12,16H,3-4,7-11H2,1H3;1H. The fourth-order valence-electron chi connectivity index (χ4n) is 3.21. The number of fused-ring (bicyclic) bond motifs is 1. The molecule has 1 aromatic rings. The van der Waals surface area contributed by atoms with Gasteiger partial charge < -0.3 is 5.32 Å². The highest BCUT2D eigenvalue weighted by molar-refractivity contribution is 5.85. The SMILES string of the molecule is CC1CCCN(Cc2cccc3c2NCC3)C1.Cl. The molecule has 100 valence electrons. The molecule has 0 saturated carbocycles. The van der Waals surface area contributed by atoms with Crippen LogP contribution in [0.25, 0.3) is 0 Å². The lowest BCUT2D eigenvalue weighted by molar-refractivity contribution is 0.177. The molecule has 0 aromatic heterocycles. The van der Waals surface area contributed by atoms with Gasteiger partial charge in [0, 0.05) is 25.3 Å². The van der Waals surface area contributed by atoms with Crippen LogP contribution in [0.3, 0.4) is 0 Å². The van der Waals surface area contributed by atoms with E-state index in [2.05, 4.69) is 35.3 Å². The number of nitrogens with zero attached hydrogens (tertiary/aromatic N) is 1. The molecule has 2 aliphatic heterocycles. The number of hydrogen-bond donors (Lipinski definition) is 1. The van der Waals surface area contributed by atoms with Crippen LogP contribution < -0.4 is 5.32 Å². The molecular weight excluding hydrogens is 244 g/mol. The van der Waals surface area contributed by atoms with Crippen molar-refractivity contribution >= 4 is 18.1 Å². The van der Waals surface area contributed by atoms with Crippen LogP contribution >= 0.6 is 12.4 Å². The first-order valence-corrected chi connectivity index (χ1v) is 6.90. The zero-order valence-corrected chi connectivity index (χ0v) is 11.9. The Morgan fingerprint density at radius 3 is 3.11 bits per heavy atom. The summed E-state index contributed by atoms with van der Waals surface area (Å²) < 4.78 is 0. The Balaban J connectivity index is 0.00000120. The number of rotatable bonds is 2. The molecule has 2 nitrogen and oxygen atoms in total. The predicted octanol–water partition coefficient (Wildman–Crippen LogP) is 3.31. The number of para-hydroxylation sites is 1. The third-order valence-electron chi connectivity index (χ3n) is 4.07. The lowest BCUT2D eigenvalue weighted by atomic mass is 9.99. The number of halogens is 1. The summed E-state index contributed by atoms with van der Waals surface area (Å²) in [5.41, 5.74) is 4.42. The summed E-state index contributed by atoms with van der Waals surface area (Å²) in [6, 6.07) is 6.77. The molecule has 1 saturated heterocycles. The summed E-state index contributed by atoms with van der Waals surface area (Å²) in [7, 11) is 0. The number of benzene rings is 1. The molecule has 1 fully saturated rings. The minimum absolute atomic E-state index is 0. The van der Waals surface area contributed by atoms with E-state index < -0.39 is 0 Å². The molecule has 18 heavy (non-hydrogen) atoms. The van der Waals surface area contributed by atoms with Crippen molar-refractivity contribution in [3.63, 3.8) is 0 Å². The van der Waals surface area contributed by atoms with Crippen LogP contribution in [0.4, 0.5) is 5.69 Å². The predicted molar refractivity (Wildman–Crippen MR) is 79.6 cm³/mol. The van der Waals surface area contributed by atoms with Gasteiger partial charge in [0.15, 0.2) is 0 Å². The van der Waals surface area contributed by atoms with Crippen molar-refractivity contribution in [1.29, 1.82) is 0 Å². The maximum atomic E-state index is 3.54. The van der Waals surface area contributed by atoms with Crippen LogP contribution in [0, 0.1) is 5.92 Å². The van der Waals surface area contributed by atoms with Crippen LogP contribution in [0.1, 0.15) is 30.9 Å². The smallest absolute Gasteiger partial charge is 0.0419 e. The average molecular weight is 267 g/mol. The summed E-state index contributed by atoms with van der Waals surface area (Å²) in [5.74, 6) is 0.869. The van der Waals surface area contributed by atoms with Crippen molar-refractivity contribution in [2.24, 2.45) is 5.92 Å². The molecule has 1 aromatic carbocycles. The van der Waals surface area contributed by atoms with Crippen molar-refractivity contribution in [3.8, 4) is 0 Å². The van der Waals surface area contributed by atoms with E-state index in [-0.39, 0.29) is 12.4 Å². The topological polar surface area (TPSA) is 15.3 Å². The summed E-state index contributed by atoms with van der Waals surface area (Å²) in [4.78, 5) is 2.61. The molecule has 2 aliphatic rings. The van der Waals surface area contributed by atoms with Crippen molar-refractivity contribution in [2.45, 2.75) is 32.7 Å². The quantitative estimate of drug-likeness (QED) is 0.884. The molecule has 1 atom stereocenters. The van der Waals surface area contributed by atoms with Gasteiger partial charge in [-0.2, -0.15) is 0 Å². The Morgan fingerprint density at radius 2 is 2.28 bits per heavy atom. The zero-order chi connectivity index (χ0) is 11.7. The van der Waals surface area contributed by atoms with E-state index in [0.29, 0.717) is 0 Å². The van der Waals surface area contributed by atoms with Gasteiger partial charge in [-0.1, -0.05) is 25.1 Å². The molecule has 0 radical (unpaired) electrons. The van der Waals surface area contributed by atoms with Crippen LogP contribution in [0.15, 0.2) is 18.2 Å². The van der Waals surface area contributed by atoms with E-state index in [9.17, 15) is 0 Å². The molecule has 1 unspecified atom stereocenters. The van der Waals surface area contributed by atoms with E-state index >= 15 is 0 Å². The molecule has 1 N–H and O–H groups in total. The number of piperidine rings is 1. The third-order valence-corrected chi connectivity index (χ3v) is 4.07. The second-order valence-electron chi connectivity index (χ2n) is 5.61. The van der Waals surface area contributed by atoms with E-state index in [4.69, 9.17) is 0 Å². The fourth-order valence-corrected chi connectivity index (χ4v) is 3.21. The van der Waals surface area contributed by atoms with Crippen LogP contribution in [0.5, 0.6) is 0 Å². The molecule has 0 spiro atoms. The molecule has 0 bridgehead atoms. The van der Waals surface area contributed by atoms with Gasteiger partial charge in [0.05, 0.1) is 0 Å². The third kappa shape index (κ3) is 2.81. The van der Waals surface area contributed by atoms with Gasteiger partial charge in [-0.05, 0) is 42.9 Å². The Hall–Kier alpha value is -0.730. The summed E-state index contributed by atoms with van der Waals surface area (Å²) >= 11 is 0. The van der Waals surface area contributed by atoms with E-state index in [1.807, 2.05) is 0 Å². The summed E-state index contributed by atoms with van der Waals surface area (Å²) in [6.07, 6.45) is 3.96. The fraction of sp³-hybridized carbons (Fsp3) is 0.600. The molecular formula is C15H23ClN2. The lowest BCUT2D eigenvalue weighted by Gasteiger charge is -2.31. The maximum Gasteiger partial charge on any atom is 0.0419 e. The van der Waals surface area contributed by atoms with Crippen LogP contribution in [0.2, 0.25) is 0 Å². The number of likely N-dealkylation sites (tertiary alicyclic amines) is 1. The highest BCUT2D eigenvalue weighted by Gasteiger charge is 2.19. The number of hydrogen-bond acceptors (Lipinski definition) is 2.